The van der Waals surface area contributed by atoms with Crippen LogP contribution in [0.3, 0.4) is 0 Å². The predicted molar refractivity (Wildman–Crippen MR) is 87.3 cm³/mol. The van der Waals surface area contributed by atoms with Crippen molar-refractivity contribution in [3.63, 3.8) is 0 Å². The Morgan fingerprint density at radius 3 is 2.90 bits per heavy atom. The second-order valence-electron chi connectivity index (χ2n) is 5.37. The van der Waals surface area contributed by atoms with E-state index < -0.39 is 0 Å². The number of amides is 1. The molecule has 0 radical (unpaired) electrons. The number of aryl methyl sites for hydroxylation is 2. The Morgan fingerprint density at radius 2 is 2.19 bits per heavy atom. The number of benzene rings is 1. The molecule has 5 nitrogen and oxygen atoms in total. The van der Waals surface area contributed by atoms with Crippen molar-refractivity contribution in [2.24, 2.45) is 0 Å². The molecule has 1 aromatic heterocycles. The maximum atomic E-state index is 12.5. The van der Waals surface area contributed by atoms with Crippen molar-refractivity contribution in [1.29, 1.82) is 0 Å². The van der Waals surface area contributed by atoms with E-state index in [2.05, 4.69) is 10.3 Å². The molecular weight excluding hydrogens is 284 g/mol. The van der Waals surface area contributed by atoms with Crippen LogP contribution in [0, 0.1) is 0 Å². The molecular formula is C15H18N4OS. The Bertz CT molecular complexity index is 671. The van der Waals surface area contributed by atoms with Crippen molar-refractivity contribution < 1.29 is 4.79 Å². The van der Waals surface area contributed by atoms with Crippen molar-refractivity contribution in [2.75, 3.05) is 30.0 Å². The minimum atomic E-state index is -0.168. The molecule has 0 fully saturated rings. The normalized spacial score (nSPS) is 13.0. The van der Waals surface area contributed by atoms with E-state index in [4.69, 9.17) is 5.73 Å². The summed E-state index contributed by atoms with van der Waals surface area (Å²) in [5.74, 6) is -0.168. The van der Waals surface area contributed by atoms with Gasteiger partial charge in [0, 0.05) is 30.3 Å². The van der Waals surface area contributed by atoms with Gasteiger partial charge in [-0.3, -0.25) is 10.1 Å². The summed E-state index contributed by atoms with van der Waals surface area (Å²) in [5, 5.41) is 3.57. The molecule has 1 aliphatic rings. The van der Waals surface area contributed by atoms with Gasteiger partial charge in [0.2, 0.25) is 0 Å². The first-order valence-electron chi connectivity index (χ1n) is 6.91. The van der Waals surface area contributed by atoms with Crippen LogP contribution in [-0.4, -0.2) is 25.0 Å². The number of thiazole rings is 1. The van der Waals surface area contributed by atoms with Crippen LogP contribution in [0.5, 0.6) is 0 Å². The summed E-state index contributed by atoms with van der Waals surface area (Å²) in [7, 11) is 3.81. The molecule has 110 valence electrons. The third-order valence-corrected chi connectivity index (χ3v) is 4.64. The van der Waals surface area contributed by atoms with Crippen molar-refractivity contribution >= 4 is 33.8 Å². The lowest BCUT2D eigenvalue weighted by atomic mass is 10.1. The van der Waals surface area contributed by atoms with Crippen LogP contribution in [-0.2, 0) is 12.8 Å². The number of nitrogens with zero attached hydrogens (tertiary/aromatic N) is 2. The van der Waals surface area contributed by atoms with Gasteiger partial charge >= 0.3 is 0 Å². The van der Waals surface area contributed by atoms with Crippen LogP contribution < -0.4 is 16.0 Å². The number of carbonyl (C=O) groups is 1. The zero-order valence-corrected chi connectivity index (χ0v) is 13.0. The Labute approximate surface area is 127 Å². The topological polar surface area (TPSA) is 71.2 Å². The van der Waals surface area contributed by atoms with Crippen LogP contribution in [0.4, 0.5) is 16.5 Å². The molecule has 0 saturated carbocycles. The number of aromatic nitrogens is 1. The lowest BCUT2D eigenvalue weighted by Gasteiger charge is -2.17. The number of nitrogens with one attached hydrogen (secondary N) is 1. The highest BCUT2D eigenvalue weighted by molar-refractivity contribution is 7.16. The minimum Gasteiger partial charge on any atom is -0.399 e. The van der Waals surface area contributed by atoms with Gasteiger partial charge in [-0.2, -0.15) is 0 Å². The molecule has 3 rings (SSSR count). The lowest BCUT2D eigenvalue weighted by molar-refractivity contribution is 0.102. The number of rotatable bonds is 3. The molecule has 0 atom stereocenters. The van der Waals surface area contributed by atoms with E-state index in [1.165, 1.54) is 11.3 Å². The fraction of sp³-hybridized carbons (Fsp3) is 0.333. The first-order valence-corrected chi connectivity index (χ1v) is 7.73. The smallest absolute Gasteiger partial charge is 0.259 e. The van der Waals surface area contributed by atoms with Gasteiger partial charge < -0.3 is 10.6 Å². The fourth-order valence-electron chi connectivity index (χ4n) is 2.53. The molecule has 0 saturated heterocycles. The van der Waals surface area contributed by atoms with E-state index in [1.54, 1.807) is 23.5 Å². The van der Waals surface area contributed by atoms with Crippen LogP contribution in [0.2, 0.25) is 0 Å². The monoisotopic (exact) mass is 302 g/mol. The number of nitrogens with two attached hydrogens (primary N) is 1. The fourth-order valence-corrected chi connectivity index (χ4v) is 3.58. The van der Waals surface area contributed by atoms with E-state index in [9.17, 15) is 4.79 Å². The summed E-state index contributed by atoms with van der Waals surface area (Å²) in [6.07, 6.45) is 3.26. The quantitative estimate of drug-likeness (QED) is 0.855. The first-order chi connectivity index (χ1) is 10.0. The minimum absolute atomic E-state index is 0.168. The zero-order chi connectivity index (χ0) is 15.0. The molecule has 1 amide bonds. The van der Waals surface area contributed by atoms with E-state index in [-0.39, 0.29) is 5.91 Å². The molecule has 6 heteroatoms. The molecule has 0 aliphatic heterocycles. The van der Waals surface area contributed by atoms with E-state index in [1.807, 2.05) is 25.1 Å². The average Bonchev–Trinajstić information content (AvgIpc) is 2.99. The summed E-state index contributed by atoms with van der Waals surface area (Å²) in [6.45, 7) is 0. The van der Waals surface area contributed by atoms with Gasteiger partial charge in [0.05, 0.1) is 11.3 Å². The van der Waals surface area contributed by atoms with Crippen molar-refractivity contribution in [2.45, 2.75) is 19.3 Å². The number of nitrogen functional groups attached to an aromatic ring is 1. The third kappa shape index (κ3) is 2.71. The maximum absolute atomic E-state index is 12.5. The molecule has 1 heterocycles. The SMILES string of the molecule is CN(C)c1ccc(N)cc1C(=O)Nc1nc2c(s1)CCC2. The molecule has 0 bridgehead atoms. The Morgan fingerprint density at radius 1 is 1.38 bits per heavy atom. The van der Waals surface area contributed by atoms with Gasteiger partial charge in [-0.25, -0.2) is 4.98 Å². The zero-order valence-electron chi connectivity index (χ0n) is 12.1. The lowest BCUT2D eigenvalue weighted by Crippen LogP contribution is -2.18. The van der Waals surface area contributed by atoms with Gasteiger partial charge in [0.15, 0.2) is 5.13 Å². The highest BCUT2D eigenvalue weighted by Gasteiger charge is 2.19. The summed E-state index contributed by atoms with van der Waals surface area (Å²) in [5.41, 5.74) is 8.92. The standard InChI is InChI=1S/C15H18N4OS/c1-19(2)12-7-6-9(16)8-10(12)14(20)18-15-17-11-4-3-5-13(11)21-15/h6-8H,3-5,16H2,1-2H3,(H,17,18,20). The average molecular weight is 302 g/mol. The Hall–Kier alpha value is -2.08. The van der Waals surface area contributed by atoms with Crippen LogP contribution in [0.15, 0.2) is 18.2 Å². The van der Waals surface area contributed by atoms with Gasteiger partial charge in [0.25, 0.3) is 5.91 Å². The van der Waals surface area contributed by atoms with Crippen LogP contribution in [0.25, 0.3) is 0 Å². The summed E-state index contributed by atoms with van der Waals surface area (Å²) < 4.78 is 0. The van der Waals surface area contributed by atoms with Gasteiger partial charge in [-0.1, -0.05) is 0 Å². The molecule has 0 unspecified atom stereocenters. The number of anilines is 3. The Kier molecular flexibility index (Phi) is 3.55. The van der Waals surface area contributed by atoms with Crippen LogP contribution >= 0.6 is 11.3 Å². The first kappa shape index (κ1) is 13.9. The van der Waals surface area contributed by atoms with Crippen LogP contribution in [0.1, 0.15) is 27.3 Å². The second-order valence-corrected chi connectivity index (χ2v) is 6.45. The molecule has 1 aromatic carbocycles. The van der Waals surface area contributed by atoms with Gasteiger partial charge in [0.1, 0.15) is 0 Å². The molecule has 0 spiro atoms. The number of hydrogen-bond acceptors (Lipinski definition) is 5. The van der Waals surface area contributed by atoms with Gasteiger partial charge in [-0.15, -0.1) is 11.3 Å². The predicted octanol–water partition coefficient (Wildman–Crippen LogP) is 2.53. The molecule has 2 aromatic rings. The largest absolute Gasteiger partial charge is 0.399 e. The number of carbonyl (C=O) groups excluding carboxylic acids is 1. The summed E-state index contributed by atoms with van der Waals surface area (Å²) in [6, 6.07) is 5.35. The highest BCUT2D eigenvalue weighted by atomic mass is 32.1. The van der Waals surface area contributed by atoms with Crippen molar-refractivity contribution in [1.82, 2.24) is 4.98 Å². The van der Waals surface area contributed by atoms with E-state index in [0.717, 1.165) is 24.2 Å². The molecule has 21 heavy (non-hydrogen) atoms. The van der Waals surface area contributed by atoms with E-state index >= 15 is 0 Å². The third-order valence-electron chi connectivity index (χ3n) is 3.56. The number of hydrogen-bond donors (Lipinski definition) is 2. The summed E-state index contributed by atoms with van der Waals surface area (Å²) >= 11 is 1.58. The van der Waals surface area contributed by atoms with Crippen molar-refractivity contribution in [3.8, 4) is 0 Å². The second kappa shape index (κ2) is 5.37. The van der Waals surface area contributed by atoms with Gasteiger partial charge in [-0.05, 0) is 37.5 Å². The van der Waals surface area contributed by atoms with Crippen molar-refractivity contribution in [3.05, 3.63) is 34.3 Å². The number of fused-ring (bicyclic) bond motifs is 1. The molecule has 3 N–H and O–H groups in total. The van der Waals surface area contributed by atoms with E-state index in [0.29, 0.717) is 16.4 Å². The summed E-state index contributed by atoms with van der Waals surface area (Å²) in [4.78, 5) is 20.2. The maximum Gasteiger partial charge on any atom is 0.259 e. The Balaban J connectivity index is 1.86. The highest BCUT2D eigenvalue weighted by Crippen LogP contribution is 2.31. The molecule has 1 aliphatic carbocycles.